The minimum absolute atomic E-state index is 0.850. The third kappa shape index (κ3) is 3.12. The fourth-order valence-electron chi connectivity index (χ4n) is 3.58. The number of aromatic nitrogens is 1. The number of nitrogens with one attached hydrogen (secondary N) is 3. The van der Waals surface area contributed by atoms with Crippen LogP contribution in [0.3, 0.4) is 0 Å². The molecule has 2 aliphatic rings. The summed E-state index contributed by atoms with van der Waals surface area (Å²) in [6, 6.07) is 21.3. The molecule has 0 aliphatic carbocycles. The van der Waals surface area contributed by atoms with Gasteiger partial charge in [-0.2, -0.15) is 0 Å². The van der Waals surface area contributed by atoms with Crippen LogP contribution in [-0.2, 0) is 0 Å². The summed E-state index contributed by atoms with van der Waals surface area (Å²) >= 11 is 0. The third-order valence-corrected chi connectivity index (χ3v) is 4.93. The Balaban J connectivity index is 1.45. The van der Waals surface area contributed by atoms with Gasteiger partial charge in [-0.05, 0) is 35.4 Å². The number of benzene rings is 2. The molecule has 3 aromatic rings. The summed E-state index contributed by atoms with van der Waals surface area (Å²) in [5, 5.41) is 6.68. The minimum Gasteiger partial charge on any atom is -0.368 e. The van der Waals surface area contributed by atoms with E-state index in [9.17, 15) is 0 Å². The van der Waals surface area contributed by atoms with Crippen LogP contribution in [0.25, 0.3) is 22.5 Å². The Morgan fingerprint density at radius 3 is 1.52 bits per heavy atom. The second-order valence-electron chi connectivity index (χ2n) is 6.76. The van der Waals surface area contributed by atoms with Gasteiger partial charge in [-0.25, -0.2) is 0 Å². The molecule has 0 atom stereocenters. The maximum Gasteiger partial charge on any atom is 0.128 e. The molecule has 5 nitrogen and oxygen atoms in total. The zero-order chi connectivity index (χ0) is 18.1. The number of hydrogen-bond donors (Lipinski definition) is 3. The number of amidine groups is 2. The quantitative estimate of drug-likeness (QED) is 0.673. The fourth-order valence-corrected chi connectivity index (χ4v) is 3.58. The van der Waals surface area contributed by atoms with Gasteiger partial charge in [0.05, 0.1) is 13.1 Å². The molecule has 5 heteroatoms. The SMILES string of the molecule is c1cc(C2=NCCN2)cc(-c2ccc(-c3cccc(C4=NCCN4)c3)[nH]2)c1. The number of nitrogens with zero attached hydrogens (tertiary/aromatic N) is 2. The topological polar surface area (TPSA) is 64.6 Å². The molecule has 5 rings (SSSR count). The Labute approximate surface area is 158 Å². The Morgan fingerprint density at radius 2 is 1.07 bits per heavy atom. The van der Waals surface area contributed by atoms with Gasteiger partial charge in [0.1, 0.15) is 11.7 Å². The predicted molar refractivity (Wildman–Crippen MR) is 110 cm³/mol. The van der Waals surface area contributed by atoms with Crippen LogP contribution >= 0.6 is 0 Å². The van der Waals surface area contributed by atoms with Crippen molar-refractivity contribution in [2.24, 2.45) is 9.98 Å². The van der Waals surface area contributed by atoms with Crippen LogP contribution in [0.15, 0.2) is 70.6 Å². The molecule has 3 heterocycles. The molecule has 0 fully saturated rings. The van der Waals surface area contributed by atoms with Crippen molar-refractivity contribution in [3.63, 3.8) is 0 Å². The number of hydrogen-bond acceptors (Lipinski definition) is 4. The summed E-state index contributed by atoms with van der Waals surface area (Å²) in [6.07, 6.45) is 0. The van der Waals surface area contributed by atoms with Gasteiger partial charge in [0.15, 0.2) is 0 Å². The second-order valence-corrected chi connectivity index (χ2v) is 6.76. The average Bonchev–Trinajstić information content (AvgIpc) is 3.51. The summed E-state index contributed by atoms with van der Waals surface area (Å²) < 4.78 is 0. The van der Waals surface area contributed by atoms with E-state index in [4.69, 9.17) is 0 Å². The van der Waals surface area contributed by atoms with Crippen molar-refractivity contribution >= 4 is 11.7 Å². The Morgan fingerprint density at radius 1 is 0.593 bits per heavy atom. The molecule has 2 aliphatic heterocycles. The normalized spacial score (nSPS) is 15.9. The van der Waals surface area contributed by atoms with E-state index < -0.39 is 0 Å². The lowest BCUT2D eigenvalue weighted by Crippen LogP contribution is -2.19. The number of H-pyrrole nitrogens is 1. The molecular weight excluding hydrogens is 334 g/mol. The Kier molecular flexibility index (Phi) is 3.98. The van der Waals surface area contributed by atoms with Gasteiger partial charge in [-0.3, -0.25) is 9.98 Å². The largest absolute Gasteiger partial charge is 0.368 e. The van der Waals surface area contributed by atoms with Crippen molar-refractivity contribution < 1.29 is 0 Å². The smallest absolute Gasteiger partial charge is 0.128 e. The van der Waals surface area contributed by atoms with Gasteiger partial charge in [0.2, 0.25) is 0 Å². The highest BCUT2D eigenvalue weighted by Gasteiger charge is 2.12. The number of aromatic amines is 1. The van der Waals surface area contributed by atoms with Crippen LogP contribution in [0.1, 0.15) is 11.1 Å². The van der Waals surface area contributed by atoms with E-state index in [1.807, 2.05) is 0 Å². The van der Waals surface area contributed by atoms with Crippen molar-refractivity contribution in [1.82, 2.24) is 15.6 Å². The van der Waals surface area contributed by atoms with E-state index in [0.717, 1.165) is 71.5 Å². The van der Waals surface area contributed by atoms with Crippen LogP contribution in [0, 0.1) is 0 Å². The zero-order valence-electron chi connectivity index (χ0n) is 15.0. The summed E-state index contributed by atoms with van der Waals surface area (Å²) in [7, 11) is 0. The highest BCUT2D eigenvalue weighted by Crippen LogP contribution is 2.26. The van der Waals surface area contributed by atoms with Crippen molar-refractivity contribution in [2.75, 3.05) is 26.2 Å². The average molecular weight is 355 g/mol. The van der Waals surface area contributed by atoms with Crippen LogP contribution in [0.4, 0.5) is 0 Å². The van der Waals surface area contributed by atoms with E-state index in [-0.39, 0.29) is 0 Å². The lowest BCUT2D eigenvalue weighted by molar-refractivity contribution is 0.960. The molecule has 0 radical (unpaired) electrons. The minimum atomic E-state index is 0.850. The van der Waals surface area contributed by atoms with E-state index in [1.165, 1.54) is 0 Å². The van der Waals surface area contributed by atoms with Crippen LogP contribution < -0.4 is 10.6 Å². The lowest BCUT2D eigenvalue weighted by atomic mass is 10.1. The first-order valence-electron chi connectivity index (χ1n) is 9.34. The third-order valence-electron chi connectivity index (χ3n) is 4.93. The molecule has 0 unspecified atom stereocenters. The molecule has 1 aromatic heterocycles. The first-order valence-corrected chi connectivity index (χ1v) is 9.34. The van der Waals surface area contributed by atoms with Crippen LogP contribution in [-0.4, -0.2) is 42.8 Å². The van der Waals surface area contributed by atoms with Crippen molar-refractivity contribution in [2.45, 2.75) is 0 Å². The van der Waals surface area contributed by atoms with E-state index in [2.05, 4.69) is 86.3 Å². The molecule has 3 N–H and O–H groups in total. The van der Waals surface area contributed by atoms with Crippen LogP contribution in [0.2, 0.25) is 0 Å². The maximum absolute atomic E-state index is 4.52. The van der Waals surface area contributed by atoms with Gasteiger partial charge in [0, 0.05) is 35.6 Å². The van der Waals surface area contributed by atoms with Gasteiger partial charge in [-0.1, -0.05) is 36.4 Å². The molecule has 2 aromatic carbocycles. The Bertz CT molecular complexity index is 962. The van der Waals surface area contributed by atoms with Gasteiger partial charge >= 0.3 is 0 Å². The van der Waals surface area contributed by atoms with Crippen LogP contribution in [0.5, 0.6) is 0 Å². The van der Waals surface area contributed by atoms with Crippen molar-refractivity contribution in [3.8, 4) is 22.5 Å². The molecule has 27 heavy (non-hydrogen) atoms. The standard InChI is InChI=1S/C22H21N5/c1-3-15(13-17(5-1)21-23-9-10-24-21)19-7-8-20(27-19)16-4-2-6-18(14-16)22-25-11-12-26-22/h1-8,13-14,27H,9-12H2,(H,23,24)(H,25,26). The van der Waals surface area contributed by atoms with Gasteiger partial charge in [0.25, 0.3) is 0 Å². The highest BCUT2D eigenvalue weighted by molar-refractivity contribution is 6.01. The first kappa shape index (κ1) is 15.9. The first-order chi connectivity index (χ1) is 13.4. The van der Waals surface area contributed by atoms with E-state index >= 15 is 0 Å². The van der Waals surface area contributed by atoms with Crippen molar-refractivity contribution in [3.05, 3.63) is 71.8 Å². The number of aliphatic imine (C=N–C) groups is 2. The molecule has 0 spiro atoms. The summed E-state index contributed by atoms with van der Waals surface area (Å²) in [5.41, 5.74) is 6.79. The Hall–Kier alpha value is -3.34. The van der Waals surface area contributed by atoms with Gasteiger partial charge < -0.3 is 15.6 Å². The van der Waals surface area contributed by atoms with E-state index in [1.54, 1.807) is 0 Å². The van der Waals surface area contributed by atoms with E-state index in [0.29, 0.717) is 0 Å². The monoisotopic (exact) mass is 355 g/mol. The fraction of sp³-hybridized carbons (Fsp3) is 0.182. The zero-order valence-corrected chi connectivity index (χ0v) is 15.0. The predicted octanol–water partition coefficient (Wildman–Crippen LogP) is 3.05. The number of rotatable bonds is 4. The molecule has 134 valence electrons. The molecule has 0 bridgehead atoms. The van der Waals surface area contributed by atoms with Gasteiger partial charge in [-0.15, -0.1) is 0 Å². The molecule has 0 saturated heterocycles. The van der Waals surface area contributed by atoms with Crippen molar-refractivity contribution in [1.29, 1.82) is 0 Å². The maximum atomic E-state index is 4.52. The molecular formula is C22H21N5. The summed E-state index contributed by atoms with van der Waals surface area (Å²) in [4.78, 5) is 12.6. The molecule has 0 amide bonds. The summed E-state index contributed by atoms with van der Waals surface area (Å²) in [5.74, 6) is 1.97. The lowest BCUT2D eigenvalue weighted by Gasteiger charge is -2.06. The summed E-state index contributed by atoms with van der Waals surface area (Å²) in [6.45, 7) is 3.54. The second kappa shape index (κ2) is 6.76. The highest BCUT2D eigenvalue weighted by atomic mass is 15.1. The molecule has 0 saturated carbocycles.